The van der Waals surface area contributed by atoms with E-state index in [0.29, 0.717) is 24.0 Å². The number of rotatable bonds is 9. The van der Waals surface area contributed by atoms with Gasteiger partial charge in [-0.15, -0.1) is 0 Å². The van der Waals surface area contributed by atoms with E-state index in [1.165, 1.54) is 18.4 Å². The Balaban J connectivity index is 0.000000497. The lowest BCUT2D eigenvalue weighted by molar-refractivity contribution is -0.116. The molecule has 0 spiro atoms. The second-order valence-corrected chi connectivity index (χ2v) is 9.41. The third kappa shape index (κ3) is 9.51. The van der Waals surface area contributed by atoms with E-state index in [1.807, 2.05) is 13.0 Å². The van der Waals surface area contributed by atoms with Crippen LogP contribution >= 0.6 is 0 Å². The number of benzene rings is 1. The van der Waals surface area contributed by atoms with Gasteiger partial charge in [-0.3, -0.25) is 14.8 Å². The molecule has 2 atom stereocenters. The molecule has 2 heterocycles. The summed E-state index contributed by atoms with van der Waals surface area (Å²) in [5.41, 5.74) is 3.68. The van der Waals surface area contributed by atoms with Gasteiger partial charge in [0.25, 0.3) is 5.91 Å². The monoisotopic (exact) mass is 468 g/mol. The molecule has 0 aromatic heterocycles. The van der Waals surface area contributed by atoms with Gasteiger partial charge in [-0.05, 0) is 56.6 Å². The van der Waals surface area contributed by atoms with E-state index in [4.69, 9.17) is 9.73 Å². The van der Waals surface area contributed by atoms with Gasteiger partial charge in [0.1, 0.15) is 0 Å². The van der Waals surface area contributed by atoms with Crippen molar-refractivity contribution in [3.8, 4) is 0 Å². The van der Waals surface area contributed by atoms with E-state index in [0.717, 1.165) is 56.5 Å². The molecule has 2 aliphatic heterocycles. The van der Waals surface area contributed by atoms with Crippen LogP contribution in [0.5, 0.6) is 0 Å². The van der Waals surface area contributed by atoms with E-state index < -0.39 is 0 Å². The Kier molecular flexibility index (Phi) is 12.8. The van der Waals surface area contributed by atoms with Crippen molar-refractivity contribution >= 4 is 17.8 Å². The van der Waals surface area contributed by atoms with E-state index in [2.05, 4.69) is 60.7 Å². The first-order chi connectivity index (χ1) is 16.5. The van der Waals surface area contributed by atoms with E-state index >= 15 is 0 Å². The molecule has 2 aliphatic rings. The molecule has 0 saturated carbocycles. The molecule has 3 rings (SSSR count). The Morgan fingerprint density at radius 1 is 1.26 bits per heavy atom. The fourth-order valence-electron chi connectivity index (χ4n) is 4.38. The van der Waals surface area contributed by atoms with Gasteiger partial charge in [-0.1, -0.05) is 51.1 Å². The number of ether oxygens (including phenoxy) is 1. The van der Waals surface area contributed by atoms with Crippen LogP contribution in [-0.4, -0.2) is 51.2 Å². The average Bonchev–Trinajstić information content (AvgIpc) is 2.98. The summed E-state index contributed by atoms with van der Waals surface area (Å²) < 4.78 is 5.14. The highest BCUT2D eigenvalue weighted by Gasteiger charge is 2.25. The van der Waals surface area contributed by atoms with E-state index in [1.54, 1.807) is 13.3 Å². The molecule has 0 radical (unpaired) electrons. The van der Waals surface area contributed by atoms with Gasteiger partial charge in [-0.2, -0.15) is 0 Å². The minimum atomic E-state index is -0.0936. The highest BCUT2D eigenvalue weighted by Crippen LogP contribution is 2.23. The molecule has 1 saturated heterocycles. The molecule has 0 bridgehead atoms. The van der Waals surface area contributed by atoms with Crippen molar-refractivity contribution in [1.29, 1.82) is 0 Å². The second kappa shape index (κ2) is 15.6. The lowest BCUT2D eigenvalue weighted by Crippen LogP contribution is -2.35. The molecule has 1 aromatic rings. The number of carbonyl (C=O) groups excluding carboxylic acids is 1. The molecule has 1 unspecified atom stereocenters. The largest absolute Gasteiger partial charge is 0.381 e. The SMILES string of the molecule is CC1CCOCC1.CC[C@@H](C1=NC(C)=C(C=NC)C(=O)NC1)C(C)CCNCc1ccccc1. The Labute approximate surface area is 206 Å². The Bertz CT molecular complexity index is 826. The number of allylic oxidation sites excluding steroid dienone is 1. The number of hydrogen-bond donors (Lipinski definition) is 2. The van der Waals surface area contributed by atoms with Gasteiger partial charge in [0.15, 0.2) is 0 Å². The normalized spacial score (nSPS) is 19.1. The van der Waals surface area contributed by atoms with Crippen LogP contribution in [0.1, 0.15) is 58.9 Å². The van der Waals surface area contributed by atoms with Crippen molar-refractivity contribution in [2.45, 2.75) is 59.9 Å². The van der Waals surface area contributed by atoms with Crippen molar-refractivity contribution in [3.05, 3.63) is 47.2 Å². The predicted molar refractivity (Wildman–Crippen MR) is 142 cm³/mol. The lowest BCUT2D eigenvalue weighted by Gasteiger charge is -2.24. The van der Waals surface area contributed by atoms with Gasteiger partial charge in [0.05, 0.1) is 17.8 Å². The van der Waals surface area contributed by atoms with Gasteiger partial charge >= 0.3 is 0 Å². The Morgan fingerprint density at radius 2 is 1.97 bits per heavy atom. The quantitative estimate of drug-likeness (QED) is 0.403. The number of amides is 1. The highest BCUT2D eigenvalue weighted by atomic mass is 16.5. The molecule has 1 aromatic carbocycles. The first-order valence-corrected chi connectivity index (χ1v) is 12.8. The summed E-state index contributed by atoms with van der Waals surface area (Å²) in [7, 11) is 1.67. The first kappa shape index (κ1) is 27.9. The zero-order valence-corrected chi connectivity index (χ0v) is 21.8. The Hall–Kier alpha value is -2.31. The zero-order valence-electron chi connectivity index (χ0n) is 21.8. The van der Waals surface area contributed by atoms with Crippen molar-refractivity contribution < 1.29 is 9.53 Å². The third-order valence-corrected chi connectivity index (χ3v) is 6.65. The van der Waals surface area contributed by atoms with Gasteiger partial charge in [0, 0.05) is 44.7 Å². The fraction of sp³-hybridized carbons (Fsp3) is 0.607. The van der Waals surface area contributed by atoms with Crippen LogP contribution in [0.25, 0.3) is 0 Å². The number of hydrogen-bond acceptors (Lipinski definition) is 5. The molecule has 34 heavy (non-hydrogen) atoms. The average molecular weight is 469 g/mol. The van der Waals surface area contributed by atoms with Crippen molar-refractivity contribution in [1.82, 2.24) is 10.6 Å². The number of nitrogens with zero attached hydrogens (tertiary/aromatic N) is 2. The number of nitrogens with one attached hydrogen (secondary N) is 2. The van der Waals surface area contributed by atoms with Crippen LogP contribution in [-0.2, 0) is 16.1 Å². The zero-order chi connectivity index (χ0) is 24.8. The summed E-state index contributed by atoms with van der Waals surface area (Å²) in [6.45, 7) is 13.0. The maximum Gasteiger partial charge on any atom is 0.254 e. The summed E-state index contributed by atoms with van der Waals surface area (Å²) in [4.78, 5) is 21.0. The number of aliphatic imine (C=N–C) groups is 2. The van der Waals surface area contributed by atoms with Crippen LogP contribution in [0.4, 0.5) is 0 Å². The maximum atomic E-state index is 12.2. The van der Waals surface area contributed by atoms with Crippen LogP contribution in [0, 0.1) is 17.8 Å². The standard InChI is InChI=1S/C22H32N4O.C6H12O/c1-5-19(16(2)11-12-24-13-18-9-7-6-8-10-18)21-15-25-22(27)20(14-23-4)17(3)26-21;1-6-2-4-7-5-3-6/h6-10,14,16,19,24H,5,11-13,15H2,1-4H3,(H,25,27);6H,2-5H2,1H3/t16?,19-;/m1./s1. The molecule has 1 fully saturated rings. The summed E-state index contributed by atoms with van der Waals surface area (Å²) in [6, 6.07) is 10.5. The summed E-state index contributed by atoms with van der Waals surface area (Å²) >= 11 is 0. The van der Waals surface area contributed by atoms with E-state index in [9.17, 15) is 4.79 Å². The predicted octanol–water partition coefficient (Wildman–Crippen LogP) is 4.81. The molecule has 2 N–H and O–H groups in total. The van der Waals surface area contributed by atoms with Crippen LogP contribution in [0.2, 0.25) is 0 Å². The molecular weight excluding hydrogens is 424 g/mol. The van der Waals surface area contributed by atoms with E-state index in [-0.39, 0.29) is 5.91 Å². The van der Waals surface area contributed by atoms with Crippen LogP contribution in [0.15, 0.2) is 51.6 Å². The first-order valence-electron chi connectivity index (χ1n) is 12.8. The summed E-state index contributed by atoms with van der Waals surface area (Å²) in [5, 5.41) is 6.51. The van der Waals surface area contributed by atoms with Crippen molar-refractivity contribution in [3.63, 3.8) is 0 Å². The third-order valence-electron chi connectivity index (χ3n) is 6.65. The second-order valence-electron chi connectivity index (χ2n) is 9.41. The number of carbonyl (C=O) groups is 1. The van der Waals surface area contributed by atoms with Gasteiger partial charge in [-0.25, -0.2) is 0 Å². The smallest absolute Gasteiger partial charge is 0.254 e. The maximum absolute atomic E-state index is 12.2. The minimum absolute atomic E-state index is 0.0936. The fourth-order valence-corrected chi connectivity index (χ4v) is 4.38. The molecule has 6 nitrogen and oxygen atoms in total. The molecule has 0 aliphatic carbocycles. The van der Waals surface area contributed by atoms with Crippen LogP contribution in [0.3, 0.4) is 0 Å². The van der Waals surface area contributed by atoms with Crippen molar-refractivity contribution in [2.75, 3.05) is 33.4 Å². The molecule has 6 heteroatoms. The van der Waals surface area contributed by atoms with Crippen molar-refractivity contribution in [2.24, 2.45) is 27.7 Å². The summed E-state index contributed by atoms with van der Waals surface area (Å²) in [6.07, 6.45) is 6.21. The molecular formula is C28H44N4O2. The Morgan fingerprint density at radius 3 is 2.56 bits per heavy atom. The topological polar surface area (TPSA) is 75.1 Å². The van der Waals surface area contributed by atoms with Gasteiger partial charge in [0.2, 0.25) is 0 Å². The van der Waals surface area contributed by atoms with Crippen LogP contribution < -0.4 is 10.6 Å². The molecule has 1 amide bonds. The minimum Gasteiger partial charge on any atom is -0.381 e. The molecule has 188 valence electrons. The lowest BCUT2D eigenvalue weighted by atomic mass is 9.85. The highest BCUT2D eigenvalue weighted by molar-refractivity contribution is 6.14. The summed E-state index contributed by atoms with van der Waals surface area (Å²) in [5.74, 6) is 1.66. The van der Waals surface area contributed by atoms with Gasteiger partial charge < -0.3 is 15.4 Å².